The van der Waals surface area contributed by atoms with Gasteiger partial charge >= 0.3 is 0 Å². The minimum absolute atomic E-state index is 0.00347. The van der Waals surface area contributed by atoms with Crippen LogP contribution in [0.5, 0.6) is 0 Å². The second-order valence-electron chi connectivity index (χ2n) is 4.91. The summed E-state index contributed by atoms with van der Waals surface area (Å²) in [5, 5.41) is 8.67. The van der Waals surface area contributed by atoms with Crippen LogP contribution in [0.3, 0.4) is 0 Å². The minimum atomic E-state index is -0.199. The lowest BCUT2D eigenvalue weighted by molar-refractivity contribution is -0.137. The molecule has 1 saturated carbocycles. The molecule has 0 aromatic heterocycles. The highest BCUT2D eigenvalue weighted by molar-refractivity contribution is 5.77. The fourth-order valence-electron chi connectivity index (χ4n) is 2.59. The maximum absolute atomic E-state index is 11.5. The van der Waals surface area contributed by atoms with Crippen LogP contribution in [-0.4, -0.2) is 11.1 Å². The highest BCUT2D eigenvalue weighted by Gasteiger charge is 2.35. The fraction of sp³-hybridized carbons (Fsp3) is 0.909. The topological polar surface area (TPSA) is 49.3 Å². The van der Waals surface area contributed by atoms with Gasteiger partial charge in [-0.3, -0.25) is 10.0 Å². The van der Waals surface area contributed by atoms with Gasteiger partial charge in [-0.15, -0.1) is 0 Å². The van der Waals surface area contributed by atoms with E-state index in [1.807, 2.05) is 0 Å². The molecule has 0 heterocycles. The Hall–Kier alpha value is -0.570. The zero-order valence-electron chi connectivity index (χ0n) is 9.29. The summed E-state index contributed by atoms with van der Waals surface area (Å²) in [6.07, 6.45) is 3.23. The molecular weight excluding hydrogens is 178 g/mol. The van der Waals surface area contributed by atoms with Crippen molar-refractivity contribution in [3.05, 3.63) is 0 Å². The zero-order valence-corrected chi connectivity index (χ0v) is 9.29. The summed E-state index contributed by atoms with van der Waals surface area (Å²) >= 11 is 0. The number of rotatable bonds is 2. The summed E-state index contributed by atoms with van der Waals surface area (Å²) in [5.74, 6) is 1.36. The van der Waals surface area contributed by atoms with Gasteiger partial charge in [0.2, 0.25) is 5.91 Å². The SMILES string of the molecule is CC1CCC(C(C)C)C(C(=O)NO)C1. The van der Waals surface area contributed by atoms with Crippen molar-refractivity contribution >= 4 is 5.91 Å². The molecule has 1 amide bonds. The van der Waals surface area contributed by atoms with Gasteiger partial charge in [-0.05, 0) is 30.6 Å². The first-order valence-corrected chi connectivity index (χ1v) is 5.50. The molecule has 1 rings (SSSR count). The van der Waals surface area contributed by atoms with Crippen LogP contribution < -0.4 is 5.48 Å². The van der Waals surface area contributed by atoms with E-state index in [1.54, 1.807) is 5.48 Å². The van der Waals surface area contributed by atoms with E-state index in [4.69, 9.17) is 5.21 Å². The molecule has 0 bridgehead atoms. The van der Waals surface area contributed by atoms with E-state index in [0.717, 1.165) is 12.8 Å². The van der Waals surface area contributed by atoms with Crippen LogP contribution in [0.25, 0.3) is 0 Å². The highest BCUT2D eigenvalue weighted by atomic mass is 16.5. The molecule has 1 fully saturated rings. The molecular formula is C11H21NO2. The van der Waals surface area contributed by atoms with Crippen LogP contribution in [0.4, 0.5) is 0 Å². The Labute approximate surface area is 85.8 Å². The van der Waals surface area contributed by atoms with E-state index in [9.17, 15) is 4.79 Å². The maximum Gasteiger partial charge on any atom is 0.246 e. The predicted molar refractivity (Wildman–Crippen MR) is 54.8 cm³/mol. The third-order valence-electron chi connectivity index (χ3n) is 3.47. The van der Waals surface area contributed by atoms with Gasteiger partial charge < -0.3 is 0 Å². The van der Waals surface area contributed by atoms with Gasteiger partial charge in [0.15, 0.2) is 0 Å². The molecule has 1 aliphatic rings. The molecule has 2 N–H and O–H groups in total. The van der Waals surface area contributed by atoms with Crippen molar-refractivity contribution in [3.63, 3.8) is 0 Å². The number of amides is 1. The number of carbonyl (C=O) groups is 1. The van der Waals surface area contributed by atoms with Crippen LogP contribution in [0, 0.1) is 23.7 Å². The summed E-state index contributed by atoms with van der Waals surface area (Å²) in [6.45, 7) is 6.48. The molecule has 3 heteroatoms. The van der Waals surface area contributed by atoms with Gasteiger partial charge in [0.05, 0.1) is 0 Å². The van der Waals surface area contributed by atoms with E-state index in [2.05, 4.69) is 20.8 Å². The number of hydroxylamine groups is 1. The second-order valence-corrected chi connectivity index (χ2v) is 4.91. The molecule has 0 aromatic rings. The van der Waals surface area contributed by atoms with E-state index < -0.39 is 0 Å². The summed E-state index contributed by atoms with van der Waals surface area (Å²) in [7, 11) is 0. The second kappa shape index (κ2) is 4.78. The standard InChI is InChI=1S/C11H21NO2/c1-7(2)9-5-4-8(3)6-10(9)11(13)12-14/h7-10,14H,4-6H2,1-3H3,(H,12,13). The van der Waals surface area contributed by atoms with Gasteiger partial charge in [0.1, 0.15) is 0 Å². The average Bonchev–Trinajstić information content (AvgIpc) is 2.16. The molecule has 82 valence electrons. The van der Waals surface area contributed by atoms with Crippen LogP contribution in [0.15, 0.2) is 0 Å². The summed E-state index contributed by atoms with van der Waals surface area (Å²) in [5.41, 5.74) is 1.80. The first-order valence-electron chi connectivity index (χ1n) is 5.50. The third kappa shape index (κ3) is 2.47. The lowest BCUT2D eigenvalue weighted by atomic mass is 9.70. The third-order valence-corrected chi connectivity index (χ3v) is 3.47. The van der Waals surface area contributed by atoms with Gasteiger partial charge in [0, 0.05) is 5.92 Å². The quantitative estimate of drug-likeness (QED) is 0.529. The molecule has 3 atom stereocenters. The van der Waals surface area contributed by atoms with Gasteiger partial charge in [-0.25, -0.2) is 5.48 Å². The van der Waals surface area contributed by atoms with Gasteiger partial charge in [-0.2, -0.15) is 0 Å². The first-order chi connectivity index (χ1) is 6.56. The van der Waals surface area contributed by atoms with Crippen molar-refractivity contribution in [1.29, 1.82) is 0 Å². The Morgan fingerprint density at radius 3 is 2.57 bits per heavy atom. The van der Waals surface area contributed by atoms with Crippen molar-refractivity contribution in [2.75, 3.05) is 0 Å². The molecule has 1 aliphatic carbocycles. The minimum Gasteiger partial charge on any atom is -0.289 e. The Bertz CT molecular complexity index is 203. The Kier molecular flexibility index (Phi) is 3.93. The van der Waals surface area contributed by atoms with E-state index in [1.165, 1.54) is 6.42 Å². The van der Waals surface area contributed by atoms with Gasteiger partial charge in [0.25, 0.3) is 0 Å². The van der Waals surface area contributed by atoms with Crippen molar-refractivity contribution in [1.82, 2.24) is 5.48 Å². The van der Waals surface area contributed by atoms with Crippen molar-refractivity contribution in [2.24, 2.45) is 23.7 Å². The van der Waals surface area contributed by atoms with Crippen LogP contribution >= 0.6 is 0 Å². The molecule has 14 heavy (non-hydrogen) atoms. The van der Waals surface area contributed by atoms with E-state index >= 15 is 0 Å². The largest absolute Gasteiger partial charge is 0.289 e. The number of hydrogen-bond acceptors (Lipinski definition) is 2. The summed E-state index contributed by atoms with van der Waals surface area (Å²) in [6, 6.07) is 0. The zero-order chi connectivity index (χ0) is 10.7. The summed E-state index contributed by atoms with van der Waals surface area (Å²) in [4.78, 5) is 11.5. The lowest BCUT2D eigenvalue weighted by Crippen LogP contribution is -2.38. The molecule has 3 unspecified atom stereocenters. The highest BCUT2D eigenvalue weighted by Crippen LogP contribution is 2.37. The molecule has 0 radical (unpaired) electrons. The average molecular weight is 199 g/mol. The number of carbonyl (C=O) groups excluding carboxylic acids is 1. The van der Waals surface area contributed by atoms with Crippen LogP contribution in [0.1, 0.15) is 40.0 Å². The molecule has 0 spiro atoms. The molecule has 0 aliphatic heterocycles. The van der Waals surface area contributed by atoms with Crippen LogP contribution in [0.2, 0.25) is 0 Å². The first kappa shape index (κ1) is 11.5. The van der Waals surface area contributed by atoms with Crippen molar-refractivity contribution < 1.29 is 10.0 Å². The smallest absolute Gasteiger partial charge is 0.246 e. The Morgan fingerprint density at radius 1 is 1.43 bits per heavy atom. The fourth-order valence-corrected chi connectivity index (χ4v) is 2.59. The molecule has 3 nitrogen and oxygen atoms in total. The van der Waals surface area contributed by atoms with Crippen molar-refractivity contribution in [3.8, 4) is 0 Å². The van der Waals surface area contributed by atoms with Crippen molar-refractivity contribution in [2.45, 2.75) is 40.0 Å². The number of nitrogens with one attached hydrogen (secondary N) is 1. The Balaban J connectivity index is 2.68. The van der Waals surface area contributed by atoms with Crippen LogP contribution in [-0.2, 0) is 4.79 Å². The monoisotopic (exact) mass is 199 g/mol. The predicted octanol–water partition coefficient (Wildman–Crippen LogP) is 2.20. The normalized spacial score (nSPS) is 33.1. The van der Waals surface area contributed by atoms with E-state index in [0.29, 0.717) is 17.8 Å². The molecule has 0 saturated heterocycles. The maximum atomic E-state index is 11.5. The van der Waals surface area contributed by atoms with Gasteiger partial charge in [-0.1, -0.05) is 27.2 Å². The number of hydrogen-bond donors (Lipinski definition) is 2. The summed E-state index contributed by atoms with van der Waals surface area (Å²) < 4.78 is 0. The molecule has 0 aromatic carbocycles. The Morgan fingerprint density at radius 2 is 2.07 bits per heavy atom. The van der Waals surface area contributed by atoms with E-state index in [-0.39, 0.29) is 11.8 Å². The lowest BCUT2D eigenvalue weighted by Gasteiger charge is -2.35.